The van der Waals surface area contributed by atoms with Gasteiger partial charge in [0.15, 0.2) is 0 Å². The number of piperidine rings is 1. The van der Waals surface area contributed by atoms with E-state index in [1.165, 1.54) is 41.9 Å². The first-order chi connectivity index (χ1) is 19.5. The van der Waals surface area contributed by atoms with Crippen LogP contribution in [0, 0.1) is 11.3 Å². The van der Waals surface area contributed by atoms with Gasteiger partial charge in [-0.25, -0.2) is 26.5 Å². The van der Waals surface area contributed by atoms with Crippen LogP contribution in [0.25, 0.3) is 11.0 Å². The smallest absolute Gasteiger partial charge is 0.244 e. The molecule has 13 nitrogen and oxygen atoms in total. The van der Waals surface area contributed by atoms with Crippen LogP contribution in [0.1, 0.15) is 24.8 Å². The Kier molecular flexibility index (Phi) is 11.4. The summed E-state index contributed by atoms with van der Waals surface area (Å²) < 4.78 is 66.0. The number of sulfonamides is 2. The molecule has 2 aliphatic heterocycles. The van der Waals surface area contributed by atoms with Gasteiger partial charge < -0.3 is 24.9 Å². The number of rotatable bonds is 10. The molecule has 2 aromatic heterocycles. The van der Waals surface area contributed by atoms with Crippen molar-refractivity contribution in [1.82, 2.24) is 24.3 Å². The Balaban J connectivity index is 0.00000253. The molecule has 0 aliphatic carbocycles. The van der Waals surface area contributed by atoms with Crippen LogP contribution >= 0.6 is 24.8 Å². The number of ether oxygens (including phenoxy) is 2. The number of pyridine rings is 1. The fourth-order valence-electron chi connectivity index (χ4n) is 5.23. The summed E-state index contributed by atoms with van der Waals surface area (Å²) in [5, 5.41) is 23.4. The maximum Gasteiger partial charge on any atom is 0.244 e. The number of hydrogen-bond donors (Lipinski definition) is 4. The van der Waals surface area contributed by atoms with E-state index in [-0.39, 0.29) is 53.8 Å². The number of hydrogen-bond acceptors (Lipinski definition) is 10. The largest absolute Gasteiger partial charge is 0.491 e. The van der Waals surface area contributed by atoms with Crippen LogP contribution in [-0.2, 0) is 24.8 Å². The average molecular weight is 678 g/mol. The molecule has 0 amide bonds. The summed E-state index contributed by atoms with van der Waals surface area (Å²) in [5.41, 5.74) is 0.356. The second-order valence-electron chi connectivity index (χ2n) is 10.2. The van der Waals surface area contributed by atoms with E-state index in [9.17, 15) is 27.2 Å². The minimum absolute atomic E-state index is 0. The zero-order valence-electron chi connectivity index (χ0n) is 23.2. The lowest BCUT2D eigenvalue weighted by Crippen LogP contribution is -2.47. The predicted octanol–water partition coefficient (Wildman–Crippen LogP) is 1.53. The summed E-state index contributed by atoms with van der Waals surface area (Å²) in [7, 11) is -6.06. The minimum atomic E-state index is -3.79. The van der Waals surface area contributed by atoms with Crippen molar-refractivity contribution in [1.29, 1.82) is 5.26 Å². The topological polar surface area (TPSA) is 187 Å². The first kappa shape index (κ1) is 35.0. The number of nitrogens with one attached hydrogen (secondary N) is 3. The third-order valence-corrected chi connectivity index (χ3v) is 10.9. The number of aromatic amines is 1. The Morgan fingerprint density at radius 1 is 1.23 bits per heavy atom. The molecule has 4 heterocycles. The summed E-state index contributed by atoms with van der Waals surface area (Å²) in [6.07, 6.45) is 3.72. The van der Waals surface area contributed by atoms with E-state index >= 15 is 0 Å². The molecular formula is C26H34Cl2N6O7S2. The Morgan fingerprint density at radius 2 is 1.98 bits per heavy atom. The zero-order valence-corrected chi connectivity index (χ0v) is 26.5. The third kappa shape index (κ3) is 7.59. The SMILES string of the molecule is CNS(=O)(=O)c1cccc(OC[C@@H](O)CN[C@H]2COC3(CCN(S(=O)(=O)c4cnc5[nH]cc(C#N)c5c4)CC3)C2)c1.Cl.Cl. The van der Waals surface area contributed by atoms with Crippen molar-refractivity contribution in [2.45, 2.75) is 46.8 Å². The Labute approximate surface area is 262 Å². The van der Waals surface area contributed by atoms with Gasteiger partial charge in [0.1, 0.15) is 35.1 Å². The van der Waals surface area contributed by atoms with Crippen molar-refractivity contribution in [3.8, 4) is 11.8 Å². The van der Waals surface area contributed by atoms with E-state index in [0.29, 0.717) is 61.3 Å². The molecule has 4 N–H and O–H groups in total. The van der Waals surface area contributed by atoms with E-state index < -0.39 is 31.8 Å². The molecule has 2 saturated heterocycles. The van der Waals surface area contributed by atoms with Crippen LogP contribution in [0.15, 0.2) is 52.5 Å². The lowest BCUT2D eigenvalue weighted by molar-refractivity contribution is -0.0312. The number of nitrogens with zero attached hydrogens (tertiary/aromatic N) is 3. The highest BCUT2D eigenvalue weighted by Gasteiger charge is 2.44. The van der Waals surface area contributed by atoms with Crippen molar-refractivity contribution in [3.05, 3.63) is 48.3 Å². The van der Waals surface area contributed by atoms with Crippen LogP contribution < -0.4 is 14.8 Å². The molecule has 1 spiro atoms. The molecule has 0 radical (unpaired) electrons. The first-order valence-corrected chi connectivity index (χ1v) is 16.1. The van der Waals surface area contributed by atoms with E-state index in [1.807, 2.05) is 6.07 Å². The predicted molar refractivity (Wildman–Crippen MR) is 163 cm³/mol. The van der Waals surface area contributed by atoms with Gasteiger partial charge in [0.2, 0.25) is 20.0 Å². The second-order valence-corrected chi connectivity index (χ2v) is 14.1. The highest BCUT2D eigenvalue weighted by Crippen LogP contribution is 2.37. The lowest BCUT2D eigenvalue weighted by Gasteiger charge is -2.38. The minimum Gasteiger partial charge on any atom is -0.491 e. The maximum atomic E-state index is 13.3. The molecule has 3 aromatic rings. The molecule has 2 fully saturated rings. The fourth-order valence-corrected chi connectivity index (χ4v) is 7.41. The fraction of sp³-hybridized carbons (Fsp3) is 0.462. The normalized spacial score (nSPS) is 19.3. The van der Waals surface area contributed by atoms with Gasteiger partial charge >= 0.3 is 0 Å². The molecule has 5 rings (SSSR count). The number of halogens is 2. The third-order valence-electron chi connectivity index (χ3n) is 7.58. The Hall–Kier alpha value is -2.52. The number of H-pyrrole nitrogens is 1. The molecular weight excluding hydrogens is 643 g/mol. The average Bonchev–Trinajstić information content (AvgIpc) is 3.58. The van der Waals surface area contributed by atoms with Crippen molar-refractivity contribution in [2.75, 3.05) is 39.9 Å². The number of nitriles is 1. The molecule has 2 aliphatic rings. The standard InChI is InChI=1S/C26H32N6O7S2.2ClH/c1-28-40(34,35)22-4-2-3-21(9-22)38-17-20(33)14-29-19-11-26(39-16-19)5-7-32(8-6-26)41(36,37)23-10-24-18(12-27)13-30-25(24)31-15-23;;/h2-4,9-10,13,15,19-20,28-29,33H,5-8,11,14,16-17H2,1H3,(H,30,31);2*1H/t19-,20+;;/m1../s1. The van der Waals surface area contributed by atoms with Crippen LogP contribution in [-0.4, -0.2) is 93.9 Å². The molecule has 236 valence electrons. The van der Waals surface area contributed by atoms with Crippen LogP contribution in [0.5, 0.6) is 5.75 Å². The van der Waals surface area contributed by atoms with Gasteiger partial charge in [-0.1, -0.05) is 6.07 Å². The van der Waals surface area contributed by atoms with E-state index in [4.69, 9.17) is 9.47 Å². The highest BCUT2D eigenvalue weighted by molar-refractivity contribution is 7.89. The molecule has 17 heteroatoms. The number of benzene rings is 1. The summed E-state index contributed by atoms with van der Waals surface area (Å²) in [5.74, 6) is 0.333. The van der Waals surface area contributed by atoms with Gasteiger partial charge in [-0.2, -0.15) is 9.57 Å². The van der Waals surface area contributed by atoms with Crippen LogP contribution in [0.2, 0.25) is 0 Å². The van der Waals surface area contributed by atoms with Gasteiger partial charge in [-0.15, -0.1) is 24.8 Å². The van der Waals surface area contributed by atoms with E-state index in [0.717, 1.165) is 0 Å². The van der Waals surface area contributed by atoms with Gasteiger partial charge in [0.05, 0.1) is 22.7 Å². The van der Waals surface area contributed by atoms with Crippen LogP contribution in [0.4, 0.5) is 0 Å². The monoisotopic (exact) mass is 676 g/mol. The van der Waals surface area contributed by atoms with E-state index in [1.54, 1.807) is 12.1 Å². The second kappa shape index (κ2) is 14.1. The number of aliphatic hydroxyl groups is 1. The summed E-state index contributed by atoms with van der Waals surface area (Å²) in [6.45, 7) is 1.25. The van der Waals surface area contributed by atoms with Gasteiger partial charge in [-0.3, -0.25) is 0 Å². The number of aliphatic hydroxyl groups excluding tert-OH is 1. The number of aromatic nitrogens is 2. The van der Waals surface area contributed by atoms with Gasteiger partial charge in [0.25, 0.3) is 0 Å². The highest BCUT2D eigenvalue weighted by atomic mass is 35.5. The lowest BCUT2D eigenvalue weighted by atomic mass is 9.88. The molecule has 1 aromatic carbocycles. The molecule has 2 atom stereocenters. The Morgan fingerprint density at radius 3 is 2.67 bits per heavy atom. The zero-order chi connectivity index (χ0) is 29.3. The van der Waals surface area contributed by atoms with Crippen molar-refractivity contribution < 1.29 is 31.4 Å². The molecule has 43 heavy (non-hydrogen) atoms. The number of fused-ring (bicyclic) bond motifs is 1. The van der Waals surface area contributed by atoms with Gasteiger partial charge in [-0.05, 0) is 44.5 Å². The van der Waals surface area contributed by atoms with Crippen molar-refractivity contribution in [3.63, 3.8) is 0 Å². The van der Waals surface area contributed by atoms with Crippen molar-refractivity contribution >= 4 is 55.9 Å². The van der Waals surface area contributed by atoms with Gasteiger partial charge in [0, 0.05) is 49.5 Å². The summed E-state index contributed by atoms with van der Waals surface area (Å²) in [4.78, 5) is 7.16. The Bertz CT molecular complexity index is 1670. The quantitative estimate of drug-likeness (QED) is 0.245. The first-order valence-electron chi connectivity index (χ1n) is 13.1. The summed E-state index contributed by atoms with van der Waals surface area (Å²) >= 11 is 0. The maximum absolute atomic E-state index is 13.3. The van der Waals surface area contributed by atoms with Crippen molar-refractivity contribution in [2.24, 2.45) is 0 Å². The summed E-state index contributed by atoms with van der Waals surface area (Å²) in [6, 6.07) is 9.55. The molecule has 0 unspecified atom stereocenters. The van der Waals surface area contributed by atoms with Crippen LogP contribution in [0.3, 0.4) is 0 Å². The molecule has 0 saturated carbocycles. The van der Waals surface area contributed by atoms with E-state index in [2.05, 4.69) is 20.0 Å². The molecule has 0 bridgehead atoms.